The molecule has 0 spiro atoms. The molecule has 1 amide bonds. The van der Waals surface area contributed by atoms with Crippen LogP contribution in [0.25, 0.3) is 16.4 Å². The van der Waals surface area contributed by atoms with Crippen LogP contribution in [0.2, 0.25) is 0 Å². The number of rotatable bonds is 6. The van der Waals surface area contributed by atoms with Crippen LogP contribution < -0.4 is 15.6 Å². The van der Waals surface area contributed by atoms with Crippen LogP contribution in [0.3, 0.4) is 0 Å². The topological polar surface area (TPSA) is 90.5 Å². The van der Waals surface area contributed by atoms with Crippen LogP contribution in [0.5, 0.6) is 5.75 Å². The number of benzene rings is 2. The summed E-state index contributed by atoms with van der Waals surface area (Å²) in [5, 5.41) is 8.43. The van der Waals surface area contributed by atoms with Crippen LogP contribution >= 0.6 is 0 Å². The van der Waals surface area contributed by atoms with Crippen LogP contribution in [-0.4, -0.2) is 25.1 Å². The van der Waals surface area contributed by atoms with E-state index in [9.17, 15) is 9.59 Å². The van der Waals surface area contributed by atoms with Crippen molar-refractivity contribution < 1.29 is 9.53 Å². The van der Waals surface area contributed by atoms with E-state index < -0.39 is 0 Å². The number of hydrogen-bond acceptors (Lipinski definition) is 5. The number of anilines is 1. The van der Waals surface area contributed by atoms with E-state index in [4.69, 9.17) is 4.74 Å². The van der Waals surface area contributed by atoms with Gasteiger partial charge in [-0.2, -0.15) is 5.10 Å². The van der Waals surface area contributed by atoms with Crippen LogP contribution in [0, 0.1) is 6.92 Å². The Balaban J connectivity index is 1.26. The average molecular weight is 439 g/mol. The Morgan fingerprint density at radius 3 is 2.70 bits per heavy atom. The van der Waals surface area contributed by atoms with Crippen molar-refractivity contribution in [2.45, 2.75) is 20.1 Å². The fraction of sp³-hybridized carbons (Fsp3) is 0.120. The van der Waals surface area contributed by atoms with E-state index in [0.29, 0.717) is 29.1 Å². The number of nitrogens with zero attached hydrogens (tertiary/aromatic N) is 4. The van der Waals surface area contributed by atoms with Crippen molar-refractivity contribution in [3.8, 4) is 5.75 Å². The van der Waals surface area contributed by atoms with Gasteiger partial charge in [-0.05, 0) is 37.3 Å². The Bertz CT molecular complexity index is 1500. The summed E-state index contributed by atoms with van der Waals surface area (Å²) in [5.74, 6) is 0.249. The minimum Gasteiger partial charge on any atom is -0.487 e. The predicted octanol–water partition coefficient (Wildman–Crippen LogP) is 3.57. The minimum absolute atomic E-state index is 0.184. The smallest absolute Gasteiger partial charge is 0.275 e. The standard InChI is InChI=1S/C25H21N5O3/c1-17-21-9-2-3-10-22(21)25(32)30(28-17)15-24(31)27-18-7-6-8-20(13-18)33-16-19-14-29-12-5-4-11-23(29)26-19/h2-14H,15-16H2,1H3,(H,27,31). The monoisotopic (exact) mass is 439 g/mol. The lowest BCUT2D eigenvalue weighted by Crippen LogP contribution is -2.30. The molecule has 33 heavy (non-hydrogen) atoms. The minimum atomic E-state index is -0.350. The van der Waals surface area contributed by atoms with Gasteiger partial charge in [0.2, 0.25) is 5.91 Å². The number of nitrogens with one attached hydrogen (secondary N) is 1. The molecule has 2 aromatic carbocycles. The third-order valence-corrected chi connectivity index (χ3v) is 5.26. The fourth-order valence-electron chi connectivity index (χ4n) is 3.73. The number of amides is 1. The Labute approximate surface area is 189 Å². The van der Waals surface area contributed by atoms with Gasteiger partial charge in [-0.15, -0.1) is 0 Å². The van der Waals surface area contributed by atoms with E-state index >= 15 is 0 Å². The third kappa shape index (κ3) is 4.31. The van der Waals surface area contributed by atoms with Gasteiger partial charge in [0.1, 0.15) is 24.5 Å². The number of carbonyl (C=O) groups excluding carboxylic acids is 1. The van der Waals surface area contributed by atoms with E-state index in [1.807, 2.05) is 60.1 Å². The molecule has 1 N–H and O–H groups in total. The van der Waals surface area contributed by atoms with E-state index in [2.05, 4.69) is 15.4 Å². The average Bonchev–Trinajstić information content (AvgIpc) is 3.24. The highest BCUT2D eigenvalue weighted by Crippen LogP contribution is 2.19. The molecule has 0 aliphatic heterocycles. The van der Waals surface area contributed by atoms with Crippen molar-refractivity contribution in [3.63, 3.8) is 0 Å². The van der Waals surface area contributed by atoms with Gasteiger partial charge in [-0.3, -0.25) is 9.59 Å². The Morgan fingerprint density at radius 2 is 1.85 bits per heavy atom. The molecule has 0 atom stereocenters. The molecule has 0 bridgehead atoms. The lowest BCUT2D eigenvalue weighted by atomic mass is 10.1. The quantitative estimate of drug-likeness (QED) is 0.437. The Hall–Kier alpha value is -4.46. The summed E-state index contributed by atoms with van der Waals surface area (Å²) in [7, 11) is 0. The van der Waals surface area contributed by atoms with Crippen molar-refractivity contribution >= 4 is 28.0 Å². The molecule has 8 nitrogen and oxygen atoms in total. The molecule has 8 heteroatoms. The fourth-order valence-corrected chi connectivity index (χ4v) is 3.73. The first kappa shape index (κ1) is 20.4. The lowest BCUT2D eigenvalue weighted by Gasteiger charge is -2.10. The number of aromatic nitrogens is 4. The molecule has 0 unspecified atom stereocenters. The van der Waals surface area contributed by atoms with Gasteiger partial charge in [-0.25, -0.2) is 9.67 Å². The summed E-state index contributed by atoms with van der Waals surface area (Å²) >= 11 is 0. The maximum Gasteiger partial charge on any atom is 0.275 e. The predicted molar refractivity (Wildman–Crippen MR) is 125 cm³/mol. The van der Waals surface area contributed by atoms with Gasteiger partial charge >= 0.3 is 0 Å². The first-order valence-corrected chi connectivity index (χ1v) is 10.5. The zero-order valence-corrected chi connectivity index (χ0v) is 17.9. The largest absolute Gasteiger partial charge is 0.487 e. The number of imidazole rings is 1. The van der Waals surface area contributed by atoms with Gasteiger partial charge in [0.15, 0.2) is 0 Å². The third-order valence-electron chi connectivity index (χ3n) is 5.26. The van der Waals surface area contributed by atoms with Gasteiger partial charge < -0.3 is 14.5 Å². The van der Waals surface area contributed by atoms with Crippen LogP contribution in [-0.2, 0) is 17.9 Å². The Morgan fingerprint density at radius 1 is 1.03 bits per heavy atom. The first-order valence-electron chi connectivity index (χ1n) is 10.5. The van der Waals surface area contributed by atoms with Gasteiger partial charge in [-0.1, -0.05) is 30.3 Å². The lowest BCUT2D eigenvalue weighted by molar-refractivity contribution is -0.117. The molecule has 0 saturated heterocycles. The maximum atomic E-state index is 12.7. The summed E-state index contributed by atoms with van der Waals surface area (Å²) in [6.07, 6.45) is 3.84. The van der Waals surface area contributed by atoms with Gasteiger partial charge in [0, 0.05) is 29.5 Å². The highest BCUT2D eigenvalue weighted by Gasteiger charge is 2.11. The normalized spacial score (nSPS) is 11.1. The summed E-state index contributed by atoms with van der Waals surface area (Å²) < 4.78 is 8.97. The molecule has 3 heterocycles. The molecular formula is C25H21N5O3. The number of pyridine rings is 1. The van der Waals surface area contributed by atoms with E-state index in [1.54, 1.807) is 30.3 Å². The number of ether oxygens (including phenoxy) is 1. The number of hydrogen-bond donors (Lipinski definition) is 1. The summed E-state index contributed by atoms with van der Waals surface area (Å²) in [5.41, 5.74) is 2.62. The van der Waals surface area contributed by atoms with Gasteiger partial charge in [0.25, 0.3) is 5.56 Å². The molecule has 5 rings (SSSR count). The second-order valence-electron chi connectivity index (χ2n) is 7.66. The molecule has 0 aliphatic carbocycles. The SMILES string of the molecule is Cc1nn(CC(=O)Nc2cccc(OCc3cn4ccccc4n3)c2)c(=O)c2ccccc12. The molecule has 3 aromatic heterocycles. The zero-order chi connectivity index (χ0) is 22.8. The molecular weight excluding hydrogens is 418 g/mol. The summed E-state index contributed by atoms with van der Waals surface area (Å²) in [6, 6.07) is 20.1. The highest BCUT2D eigenvalue weighted by molar-refractivity contribution is 5.91. The first-order chi connectivity index (χ1) is 16.1. The number of fused-ring (bicyclic) bond motifs is 2. The Kier molecular flexibility index (Phi) is 5.32. The van der Waals surface area contributed by atoms with Crippen molar-refractivity contribution in [3.05, 3.63) is 101 Å². The van der Waals surface area contributed by atoms with Crippen molar-refractivity contribution in [2.24, 2.45) is 0 Å². The second-order valence-corrected chi connectivity index (χ2v) is 7.66. The molecule has 0 radical (unpaired) electrons. The highest BCUT2D eigenvalue weighted by atomic mass is 16.5. The maximum absolute atomic E-state index is 12.7. The molecule has 164 valence electrons. The van der Waals surface area contributed by atoms with Crippen molar-refractivity contribution in [1.82, 2.24) is 19.2 Å². The number of carbonyl (C=O) groups is 1. The van der Waals surface area contributed by atoms with Crippen molar-refractivity contribution in [1.29, 1.82) is 0 Å². The van der Waals surface area contributed by atoms with E-state index in [0.717, 1.165) is 16.7 Å². The van der Waals surface area contributed by atoms with Gasteiger partial charge in [0.05, 0.1) is 16.8 Å². The van der Waals surface area contributed by atoms with Crippen LogP contribution in [0.15, 0.2) is 83.9 Å². The molecule has 5 aromatic rings. The summed E-state index contributed by atoms with van der Waals surface area (Å²) in [4.78, 5) is 29.8. The van der Waals surface area contributed by atoms with E-state index in [-0.39, 0.29) is 18.0 Å². The van der Waals surface area contributed by atoms with Crippen LogP contribution in [0.1, 0.15) is 11.4 Å². The number of aryl methyl sites for hydroxylation is 1. The summed E-state index contributed by atoms with van der Waals surface area (Å²) in [6.45, 7) is 1.94. The molecule has 0 saturated carbocycles. The van der Waals surface area contributed by atoms with Crippen molar-refractivity contribution in [2.75, 3.05) is 5.32 Å². The van der Waals surface area contributed by atoms with E-state index in [1.165, 1.54) is 4.68 Å². The second kappa shape index (κ2) is 8.58. The molecule has 0 aliphatic rings. The van der Waals surface area contributed by atoms with Crippen LogP contribution in [0.4, 0.5) is 5.69 Å². The molecule has 0 fully saturated rings. The zero-order valence-electron chi connectivity index (χ0n) is 17.9.